The molecule has 0 atom stereocenters. The topological polar surface area (TPSA) is 69.3 Å². The summed E-state index contributed by atoms with van der Waals surface area (Å²) in [5.41, 5.74) is 1.19. The molecule has 0 spiro atoms. The number of nitriles is 1. The average molecular weight is 403 g/mol. The van der Waals surface area contributed by atoms with Gasteiger partial charge in [-0.3, -0.25) is 19.1 Å². The van der Waals surface area contributed by atoms with Crippen molar-refractivity contribution in [2.45, 2.75) is 33.1 Å². The van der Waals surface area contributed by atoms with Gasteiger partial charge in [0.2, 0.25) is 0 Å². The normalized spacial score (nSPS) is 18.7. The molecule has 142 valence electrons. The van der Waals surface area contributed by atoms with Crippen LogP contribution >= 0.6 is 24.0 Å². The van der Waals surface area contributed by atoms with Crippen LogP contribution in [-0.4, -0.2) is 39.3 Å². The lowest BCUT2D eigenvalue weighted by Gasteiger charge is -2.25. The summed E-state index contributed by atoms with van der Waals surface area (Å²) in [6.07, 6.45) is 4.75. The maximum atomic E-state index is 12.8. The van der Waals surface area contributed by atoms with Crippen LogP contribution in [0.2, 0.25) is 0 Å². The van der Waals surface area contributed by atoms with Crippen LogP contribution in [0.25, 0.3) is 6.08 Å². The minimum atomic E-state index is -0.299. The fourth-order valence-corrected chi connectivity index (χ4v) is 4.86. The largest absolute Gasteiger partial charge is 0.357 e. The predicted octanol–water partition coefficient (Wildman–Crippen LogP) is 2.78. The van der Waals surface area contributed by atoms with Gasteiger partial charge in [-0.1, -0.05) is 30.9 Å². The van der Waals surface area contributed by atoms with Crippen molar-refractivity contribution in [1.29, 1.82) is 5.26 Å². The molecule has 3 rings (SSSR count). The first-order valence-corrected chi connectivity index (χ1v) is 10.3. The van der Waals surface area contributed by atoms with Gasteiger partial charge < -0.3 is 4.90 Å². The van der Waals surface area contributed by atoms with E-state index in [-0.39, 0.29) is 17.0 Å². The van der Waals surface area contributed by atoms with E-state index in [1.807, 2.05) is 13.0 Å². The van der Waals surface area contributed by atoms with Gasteiger partial charge in [-0.25, -0.2) is 0 Å². The Morgan fingerprint density at radius 2 is 1.96 bits per heavy atom. The summed E-state index contributed by atoms with van der Waals surface area (Å²) in [6.45, 7) is 6.09. The van der Waals surface area contributed by atoms with Crippen LogP contribution in [0.4, 0.5) is 5.82 Å². The number of rotatable bonds is 4. The zero-order valence-electron chi connectivity index (χ0n) is 15.7. The first kappa shape index (κ1) is 19.6. The lowest BCUT2D eigenvalue weighted by atomic mass is 10.0. The van der Waals surface area contributed by atoms with Gasteiger partial charge in [0, 0.05) is 32.2 Å². The minimum absolute atomic E-state index is 0.106. The molecule has 2 saturated heterocycles. The Bertz CT molecular complexity index is 936. The van der Waals surface area contributed by atoms with Gasteiger partial charge in [-0.2, -0.15) is 5.26 Å². The fraction of sp³-hybridized carbons (Fsp3) is 0.474. The molecule has 0 unspecified atom stereocenters. The van der Waals surface area contributed by atoms with E-state index in [1.165, 1.54) is 16.3 Å². The molecule has 0 saturated carbocycles. The molecule has 3 heterocycles. The zero-order valence-corrected chi connectivity index (χ0v) is 17.4. The van der Waals surface area contributed by atoms with Gasteiger partial charge in [0.25, 0.3) is 11.5 Å². The minimum Gasteiger partial charge on any atom is -0.357 e. The van der Waals surface area contributed by atoms with Crippen molar-refractivity contribution in [1.82, 2.24) is 9.47 Å². The van der Waals surface area contributed by atoms with Crippen molar-refractivity contribution >= 4 is 46.1 Å². The van der Waals surface area contributed by atoms with Crippen molar-refractivity contribution < 1.29 is 4.79 Å². The summed E-state index contributed by atoms with van der Waals surface area (Å²) in [5.74, 6) is 0.667. The van der Waals surface area contributed by atoms with E-state index >= 15 is 0 Å². The number of anilines is 1. The number of pyridine rings is 1. The predicted molar refractivity (Wildman–Crippen MR) is 113 cm³/mol. The highest BCUT2D eigenvalue weighted by Gasteiger charge is 2.32. The average Bonchev–Trinajstić information content (AvgIpc) is 3.25. The number of thioether (sulfide) groups is 1. The number of carbonyl (C=O) groups excluding carboxylic acids is 1. The molecule has 0 aromatic carbocycles. The van der Waals surface area contributed by atoms with E-state index in [9.17, 15) is 14.9 Å². The lowest BCUT2D eigenvalue weighted by Crippen LogP contribution is -2.31. The van der Waals surface area contributed by atoms with Crippen LogP contribution in [0, 0.1) is 18.3 Å². The Labute approximate surface area is 168 Å². The second-order valence-corrected chi connectivity index (χ2v) is 8.42. The summed E-state index contributed by atoms with van der Waals surface area (Å²) in [5, 5.41) is 9.47. The molecule has 0 aliphatic carbocycles. The fourth-order valence-electron chi connectivity index (χ4n) is 3.57. The van der Waals surface area contributed by atoms with Gasteiger partial charge >= 0.3 is 0 Å². The molecule has 0 radical (unpaired) electrons. The molecule has 1 aromatic rings. The molecule has 2 fully saturated rings. The number of aromatic nitrogens is 1. The maximum absolute atomic E-state index is 12.8. The Morgan fingerprint density at radius 1 is 1.30 bits per heavy atom. The van der Waals surface area contributed by atoms with Crippen LogP contribution in [-0.2, 0) is 11.8 Å². The summed E-state index contributed by atoms with van der Waals surface area (Å²) >= 11 is 6.63. The van der Waals surface area contributed by atoms with E-state index in [1.54, 1.807) is 24.9 Å². The number of carbonyl (C=O) groups is 1. The smallest absolute Gasteiger partial charge is 0.270 e. The zero-order chi connectivity index (χ0) is 19.7. The van der Waals surface area contributed by atoms with E-state index in [4.69, 9.17) is 12.2 Å². The lowest BCUT2D eigenvalue weighted by molar-refractivity contribution is -0.122. The first-order valence-electron chi connectivity index (χ1n) is 9.04. The van der Waals surface area contributed by atoms with Crippen LogP contribution in [0.1, 0.15) is 42.9 Å². The van der Waals surface area contributed by atoms with Gasteiger partial charge in [0.1, 0.15) is 21.8 Å². The monoisotopic (exact) mass is 402 g/mol. The first-order chi connectivity index (χ1) is 12.9. The van der Waals surface area contributed by atoms with Gasteiger partial charge in [0.05, 0.1) is 4.91 Å². The molecule has 1 amide bonds. The summed E-state index contributed by atoms with van der Waals surface area (Å²) in [6, 6.07) is 2.03. The van der Waals surface area contributed by atoms with Crippen molar-refractivity contribution in [2.24, 2.45) is 7.05 Å². The summed E-state index contributed by atoms with van der Waals surface area (Å²) in [4.78, 5) is 29.7. The molecule has 0 bridgehead atoms. The number of thiocarbonyl (C=S) groups is 1. The van der Waals surface area contributed by atoms with E-state index < -0.39 is 0 Å². The summed E-state index contributed by atoms with van der Waals surface area (Å²) < 4.78 is 2.09. The number of amides is 1. The molecular formula is C19H22N4O2S2. The third-order valence-corrected chi connectivity index (χ3v) is 6.35. The highest BCUT2D eigenvalue weighted by atomic mass is 32.2. The van der Waals surface area contributed by atoms with Crippen LogP contribution in [0.5, 0.6) is 0 Å². The van der Waals surface area contributed by atoms with E-state index in [2.05, 4.69) is 4.90 Å². The van der Waals surface area contributed by atoms with E-state index in [0.717, 1.165) is 43.7 Å². The Morgan fingerprint density at radius 3 is 2.56 bits per heavy atom. The molecular weight excluding hydrogens is 380 g/mol. The van der Waals surface area contributed by atoms with Gasteiger partial charge in [0.15, 0.2) is 0 Å². The van der Waals surface area contributed by atoms with Crippen molar-refractivity contribution in [2.75, 3.05) is 24.5 Å². The van der Waals surface area contributed by atoms with Crippen molar-refractivity contribution in [3.8, 4) is 6.07 Å². The third-order valence-electron chi connectivity index (χ3n) is 4.97. The molecule has 6 nitrogen and oxygen atoms in total. The second-order valence-electron chi connectivity index (χ2n) is 6.74. The number of hydrogen-bond acceptors (Lipinski definition) is 6. The highest BCUT2D eigenvalue weighted by molar-refractivity contribution is 8.26. The van der Waals surface area contributed by atoms with Crippen LogP contribution in [0.15, 0.2) is 9.70 Å². The van der Waals surface area contributed by atoms with E-state index in [0.29, 0.717) is 21.3 Å². The molecule has 27 heavy (non-hydrogen) atoms. The molecule has 0 N–H and O–H groups in total. The molecule has 1 aromatic heterocycles. The maximum Gasteiger partial charge on any atom is 0.270 e. The standard InChI is InChI=1S/C19H22N4O2S2/c1-4-7-23-18(25)15(27-19(23)26)10-13-12(2)14(11-20)17(24)21(3)16(13)22-8-5-6-9-22/h10H,4-9H2,1-3H3/b15-10-. The van der Waals surface area contributed by atoms with Crippen LogP contribution < -0.4 is 10.5 Å². The Kier molecular flexibility index (Phi) is 5.72. The molecule has 2 aliphatic rings. The van der Waals surface area contributed by atoms with Crippen molar-refractivity contribution in [3.63, 3.8) is 0 Å². The third kappa shape index (κ3) is 3.42. The quantitative estimate of drug-likeness (QED) is 0.570. The molecule has 2 aliphatic heterocycles. The van der Waals surface area contributed by atoms with Gasteiger partial charge in [-0.05, 0) is 37.8 Å². The molecule has 8 heteroatoms. The number of hydrogen-bond donors (Lipinski definition) is 0. The SMILES string of the molecule is CCCN1C(=O)/C(=C/c2c(C)c(C#N)c(=O)n(C)c2N2CCCC2)SC1=S. The highest BCUT2D eigenvalue weighted by Crippen LogP contribution is 2.36. The number of nitrogens with zero attached hydrogens (tertiary/aromatic N) is 4. The summed E-state index contributed by atoms with van der Waals surface area (Å²) in [7, 11) is 1.69. The van der Waals surface area contributed by atoms with Crippen molar-refractivity contribution in [3.05, 3.63) is 31.9 Å². The van der Waals surface area contributed by atoms with Gasteiger partial charge in [-0.15, -0.1) is 0 Å². The second kappa shape index (κ2) is 7.87. The Balaban J connectivity index is 2.19. The Hall–Kier alpha value is -2.11. The van der Waals surface area contributed by atoms with Crippen LogP contribution in [0.3, 0.4) is 0 Å².